The minimum absolute atomic E-state index is 0.146. The van der Waals surface area contributed by atoms with Gasteiger partial charge in [0.15, 0.2) is 0 Å². The molecule has 1 rings (SSSR count). The molecule has 1 aromatic rings. The Morgan fingerprint density at radius 2 is 2.14 bits per heavy atom. The summed E-state index contributed by atoms with van der Waals surface area (Å²) in [5.74, 6) is 4.84. The van der Waals surface area contributed by atoms with Crippen LogP contribution in [0.5, 0.6) is 0 Å². The number of hydrogen-bond acceptors (Lipinski definition) is 2. The molecule has 0 aliphatic rings. The van der Waals surface area contributed by atoms with Crippen molar-refractivity contribution in [2.45, 2.75) is 6.42 Å². The highest BCUT2D eigenvalue weighted by Gasteiger charge is 2.03. The molecule has 0 saturated carbocycles. The van der Waals surface area contributed by atoms with Crippen molar-refractivity contribution in [2.75, 3.05) is 0 Å². The average Bonchev–Trinajstić information content (AvgIpc) is 2.19. The largest absolute Gasteiger partial charge is 0.366 e. The Labute approximate surface area is 82.1 Å². The van der Waals surface area contributed by atoms with Gasteiger partial charge in [-0.3, -0.25) is 4.79 Å². The minimum Gasteiger partial charge on any atom is -0.366 e. The first-order valence-electron chi connectivity index (χ1n) is 4.00. The zero-order chi connectivity index (χ0) is 10.4. The number of nitriles is 1. The van der Waals surface area contributed by atoms with Crippen LogP contribution in [0.15, 0.2) is 24.3 Å². The third-order valence-corrected chi connectivity index (χ3v) is 1.58. The fourth-order valence-electron chi connectivity index (χ4n) is 0.986. The standard InChI is InChI=1S/C11H8N2O/c12-8-4-3-6-9-5-1-2-7-10(9)11(13)14/h1-2,5,7H,4H2,(H2,13,14). The summed E-state index contributed by atoms with van der Waals surface area (Å²) in [6.07, 6.45) is 0.146. The van der Waals surface area contributed by atoms with Gasteiger partial charge in [0.05, 0.1) is 18.1 Å². The maximum atomic E-state index is 10.9. The van der Waals surface area contributed by atoms with Gasteiger partial charge in [-0.15, -0.1) is 0 Å². The molecule has 3 nitrogen and oxygen atoms in total. The lowest BCUT2D eigenvalue weighted by atomic mass is 10.1. The first-order chi connectivity index (χ1) is 6.75. The van der Waals surface area contributed by atoms with E-state index in [1.807, 2.05) is 6.07 Å². The number of benzene rings is 1. The molecular formula is C11H8N2O. The lowest BCUT2D eigenvalue weighted by molar-refractivity contribution is 0.1000. The van der Waals surface area contributed by atoms with Crippen molar-refractivity contribution in [2.24, 2.45) is 5.73 Å². The van der Waals surface area contributed by atoms with E-state index in [1.165, 1.54) is 0 Å². The molecule has 1 amide bonds. The quantitative estimate of drug-likeness (QED) is 0.663. The van der Waals surface area contributed by atoms with Gasteiger partial charge in [-0.1, -0.05) is 24.0 Å². The molecule has 0 radical (unpaired) electrons. The van der Waals surface area contributed by atoms with Crippen LogP contribution in [0.3, 0.4) is 0 Å². The summed E-state index contributed by atoms with van der Waals surface area (Å²) in [5.41, 5.74) is 6.10. The third-order valence-electron chi connectivity index (χ3n) is 1.58. The Bertz CT molecular complexity index is 446. The maximum absolute atomic E-state index is 10.9. The SMILES string of the molecule is N#CCC#Cc1ccccc1C(N)=O. The van der Waals surface area contributed by atoms with Gasteiger partial charge in [0, 0.05) is 5.56 Å². The molecule has 2 N–H and O–H groups in total. The number of carbonyl (C=O) groups excluding carboxylic acids is 1. The second-order valence-electron chi connectivity index (χ2n) is 2.55. The van der Waals surface area contributed by atoms with Gasteiger partial charge in [-0.25, -0.2) is 0 Å². The monoisotopic (exact) mass is 184 g/mol. The fourth-order valence-corrected chi connectivity index (χ4v) is 0.986. The van der Waals surface area contributed by atoms with Crippen molar-refractivity contribution in [1.82, 2.24) is 0 Å². The van der Waals surface area contributed by atoms with Crippen LogP contribution in [0, 0.1) is 23.2 Å². The van der Waals surface area contributed by atoms with Gasteiger partial charge >= 0.3 is 0 Å². The van der Waals surface area contributed by atoms with Crippen LogP contribution < -0.4 is 5.73 Å². The highest BCUT2D eigenvalue weighted by Crippen LogP contribution is 2.05. The Morgan fingerprint density at radius 3 is 2.79 bits per heavy atom. The first-order valence-corrected chi connectivity index (χ1v) is 4.00. The van der Waals surface area contributed by atoms with Crippen LogP contribution in [0.25, 0.3) is 0 Å². The molecule has 0 saturated heterocycles. The number of hydrogen-bond donors (Lipinski definition) is 1. The van der Waals surface area contributed by atoms with Crippen molar-refractivity contribution in [3.05, 3.63) is 35.4 Å². The Hall–Kier alpha value is -2.26. The molecule has 0 unspecified atom stereocenters. The number of carbonyl (C=O) groups is 1. The summed E-state index contributed by atoms with van der Waals surface area (Å²) in [7, 11) is 0. The van der Waals surface area contributed by atoms with Gasteiger partial charge in [0.2, 0.25) is 5.91 Å². The van der Waals surface area contributed by atoms with Crippen molar-refractivity contribution < 1.29 is 4.79 Å². The molecule has 0 fully saturated rings. The molecule has 0 bridgehead atoms. The maximum Gasteiger partial charge on any atom is 0.249 e. The predicted octanol–water partition coefficient (Wildman–Crippen LogP) is 1.05. The smallest absolute Gasteiger partial charge is 0.249 e. The average molecular weight is 184 g/mol. The van der Waals surface area contributed by atoms with Crippen molar-refractivity contribution in [3.63, 3.8) is 0 Å². The molecule has 3 heteroatoms. The van der Waals surface area contributed by atoms with E-state index in [1.54, 1.807) is 24.3 Å². The summed E-state index contributed by atoms with van der Waals surface area (Å²) in [6.45, 7) is 0. The van der Waals surface area contributed by atoms with Crippen LogP contribution in [-0.2, 0) is 0 Å². The van der Waals surface area contributed by atoms with Crippen LogP contribution in [-0.4, -0.2) is 5.91 Å². The van der Waals surface area contributed by atoms with E-state index in [2.05, 4.69) is 11.8 Å². The Balaban J connectivity index is 3.05. The van der Waals surface area contributed by atoms with E-state index in [-0.39, 0.29) is 6.42 Å². The summed E-state index contributed by atoms with van der Waals surface area (Å²) < 4.78 is 0. The number of rotatable bonds is 1. The zero-order valence-electron chi connectivity index (χ0n) is 7.45. The van der Waals surface area contributed by atoms with Crippen LogP contribution >= 0.6 is 0 Å². The van der Waals surface area contributed by atoms with Gasteiger partial charge in [0.25, 0.3) is 0 Å². The summed E-state index contributed by atoms with van der Waals surface area (Å²) in [5, 5.41) is 8.28. The minimum atomic E-state index is -0.508. The van der Waals surface area contributed by atoms with E-state index in [0.29, 0.717) is 11.1 Å². The lowest BCUT2D eigenvalue weighted by Crippen LogP contribution is -2.12. The molecule has 14 heavy (non-hydrogen) atoms. The Morgan fingerprint density at radius 1 is 1.43 bits per heavy atom. The topological polar surface area (TPSA) is 66.9 Å². The normalized spacial score (nSPS) is 8.21. The van der Waals surface area contributed by atoms with Crippen molar-refractivity contribution in [1.29, 1.82) is 5.26 Å². The van der Waals surface area contributed by atoms with Gasteiger partial charge in [-0.05, 0) is 12.1 Å². The van der Waals surface area contributed by atoms with E-state index >= 15 is 0 Å². The second-order valence-corrected chi connectivity index (χ2v) is 2.55. The third kappa shape index (κ3) is 2.36. The molecule has 0 spiro atoms. The van der Waals surface area contributed by atoms with E-state index in [4.69, 9.17) is 11.0 Å². The second kappa shape index (κ2) is 4.69. The molecule has 0 atom stereocenters. The Kier molecular flexibility index (Phi) is 3.29. The molecule has 0 aliphatic heterocycles. The summed E-state index contributed by atoms with van der Waals surface area (Å²) in [4.78, 5) is 10.9. The molecule has 0 heterocycles. The van der Waals surface area contributed by atoms with E-state index < -0.39 is 5.91 Å². The van der Waals surface area contributed by atoms with Crippen molar-refractivity contribution in [3.8, 4) is 17.9 Å². The molecule has 1 aromatic carbocycles. The number of nitrogens with zero attached hydrogens (tertiary/aromatic N) is 1. The predicted molar refractivity (Wildman–Crippen MR) is 52.1 cm³/mol. The van der Waals surface area contributed by atoms with Crippen LogP contribution in [0.1, 0.15) is 22.3 Å². The molecule has 0 aromatic heterocycles. The van der Waals surface area contributed by atoms with Gasteiger partial charge in [-0.2, -0.15) is 5.26 Å². The van der Waals surface area contributed by atoms with Crippen LogP contribution in [0.2, 0.25) is 0 Å². The van der Waals surface area contributed by atoms with E-state index in [0.717, 1.165) is 0 Å². The molecular weight excluding hydrogens is 176 g/mol. The van der Waals surface area contributed by atoms with Crippen LogP contribution in [0.4, 0.5) is 0 Å². The highest BCUT2D eigenvalue weighted by molar-refractivity contribution is 5.95. The lowest BCUT2D eigenvalue weighted by Gasteiger charge is -1.97. The summed E-state index contributed by atoms with van der Waals surface area (Å²) >= 11 is 0. The van der Waals surface area contributed by atoms with Crippen molar-refractivity contribution >= 4 is 5.91 Å². The number of amides is 1. The number of nitrogens with two attached hydrogens (primary N) is 1. The van der Waals surface area contributed by atoms with Gasteiger partial charge in [0.1, 0.15) is 0 Å². The highest BCUT2D eigenvalue weighted by atomic mass is 16.1. The zero-order valence-corrected chi connectivity index (χ0v) is 7.45. The van der Waals surface area contributed by atoms with Gasteiger partial charge < -0.3 is 5.73 Å². The van der Waals surface area contributed by atoms with E-state index in [9.17, 15) is 4.79 Å². The fraction of sp³-hybridized carbons (Fsp3) is 0.0909. The first kappa shape index (κ1) is 9.83. The molecule has 0 aliphatic carbocycles. The summed E-state index contributed by atoms with van der Waals surface area (Å²) in [6, 6.07) is 8.69. The number of primary amides is 1. The molecule has 68 valence electrons.